The second kappa shape index (κ2) is 5.60. The number of aromatic nitrogens is 4. The zero-order valence-electron chi connectivity index (χ0n) is 11.3. The summed E-state index contributed by atoms with van der Waals surface area (Å²) < 4.78 is 0. The van der Waals surface area contributed by atoms with Crippen molar-refractivity contribution in [3.05, 3.63) is 41.2 Å². The minimum absolute atomic E-state index is 0.176. The van der Waals surface area contributed by atoms with Crippen LogP contribution in [0.15, 0.2) is 18.5 Å². The second-order valence-corrected chi connectivity index (χ2v) is 4.68. The molecular formula is C13H17N5O. The van der Waals surface area contributed by atoms with Gasteiger partial charge in [-0.25, -0.2) is 4.98 Å². The third kappa shape index (κ3) is 3.15. The number of rotatable bonds is 4. The lowest BCUT2D eigenvalue weighted by Crippen LogP contribution is -2.24. The Morgan fingerprint density at radius 3 is 2.89 bits per heavy atom. The smallest absolute Gasteiger partial charge is 0.291 e. The summed E-state index contributed by atoms with van der Waals surface area (Å²) >= 11 is 0. The van der Waals surface area contributed by atoms with Crippen LogP contribution in [0.5, 0.6) is 0 Å². The second-order valence-electron chi connectivity index (χ2n) is 4.68. The molecule has 2 N–H and O–H groups in total. The number of aromatic amines is 1. The number of hydrogen-bond acceptors (Lipinski definition) is 4. The first-order chi connectivity index (χ1) is 9.08. The average molecular weight is 259 g/mol. The summed E-state index contributed by atoms with van der Waals surface area (Å²) in [5.74, 6) is 0.830. The molecule has 1 amide bonds. The van der Waals surface area contributed by atoms with Gasteiger partial charge in [-0.05, 0) is 24.1 Å². The molecule has 6 nitrogen and oxygen atoms in total. The molecule has 0 radical (unpaired) electrons. The van der Waals surface area contributed by atoms with Crippen molar-refractivity contribution in [1.82, 2.24) is 25.5 Å². The van der Waals surface area contributed by atoms with E-state index < -0.39 is 0 Å². The summed E-state index contributed by atoms with van der Waals surface area (Å²) in [5.41, 5.74) is 2.07. The summed E-state index contributed by atoms with van der Waals surface area (Å²) in [4.78, 5) is 20.1. The van der Waals surface area contributed by atoms with E-state index in [1.54, 1.807) is 12.4 Å². The van der Waals surface area contributed by atoms with Gasteiger partial charge in [0, 0.05) is 24.9 Å². The van der Waals surface area contributed by atoms with E-state index in [1.807, 2.05) is 26.8 Å². The molecule has 6 heteroatoms. The van der Waals surface area contributed by atoms with Crippen LogP contribution in [0.2, 0.25) is 0 Å². The quantitative estimate of drug-likeness (QED) is 0.872. The van der Waals surface area contributed by atoms with Gasteiger partial charge in [0.05, 0.1) is 0 Å². The molecule has 2 aromatic heterocycles. The lowest BCUT2D eigenvalue weighted by molar-refractivity contribution is 0.0941. The third-order valence-electron chi connectivity index (χ3n) is 2.83. The highest BCUT2D eigenvalue weighted by Gasteiger charge is 2.13. The maximum atomic E-state index is 11.9. The lowest BCUT2D eigenvalue weighted by atomic mass is 10.1. The molecule has 19 heavy (non-hydrogen) atoms. The van der Waals surface area contributed by atoms with Gasteiger partial charge in [-0.1, -0.05) is 13.8 Å². The number of hydrogen-bond donors (Lipinski definition) is 2. The molecule has 0 unspecified atom stereocenters. The first-order valence-corrected chi connectivity index (χ1v) is 6.18. The molecule has 0 bridgehead atoms. The summed E-state index contributed by atoms with van der Waals surface area (Å²) in [6.07, 6.45) is 3.48. The van der Waals surface area contributed by atoms with Gasteiger partial charge < -0.3 is 5.32 Å². The Morgan fingerprint density at radius 2 is 2.26 bits per heavy atom. The highest BCUT2D eigenvalue weighted by Crippen LogP contribution is 2.08. The van der Waals surface area contributed by atoms with Crippen LogP contribution in [0.25, 0.3) is 0 Å². The van der Waals surface area contributed by atoms with Crippen LogP contribution in [0.3, 0.4) is 0 Å². The van der Waals surface area contributed by atoms with Gasteiger partial charge >= 0.3 is 0 Å². The molecule has 0 aromatic carbocycles. The van der Waals surface area contributed by atoms with E-state index in [9.17, 15) is 4.79 Å². The van der Waals surface area contributed by atoms with E-state index in [4.69, 9.17) is 0 Å². The zero-order chi connectivity index (χ0) is 13.8. The molecule has 0 saturated carbocycles. The molecule has 100 valence electrons. The molecular weight excluding hydrogens is 242 g/mol. The molecule has 0 aliphatic heterocycles. The third-order valence-corrected chi connectivity index (χ3v) is 2.83. The Hall–Kier alpha value is -2.24. The molecule has 2 heterocycles. The van der Waals surface area contributed by atoms with Crippen molar-refractivity contribution in [2.45, 2.75) is 33.2 Å². The van der Waals surface area contributed by atoms with Gasteiger partial charge in [0.1, 0.15) is 5.82 Å². The monoisotopic (exact) mass is 259 g/mol. The van der Waals surface area contributed by atoms with E-state index in [0.717, 1.165) is 11.1 Å². The summed E-state index contributed by atoms with van der Waals surface area (Å²) in [6.45, 7) is 6.38. The predicted octanol–water partition coefficient (Wildman–Crippen LogP) is 1.56. The Balaban J connectivity index is 1.99. The van der Waals surface area contributed by atoms with Gasteiger partial charge in [0.15, 0.2) is 0 Å². The Morgan fingerprint density at radius 1 is 1.47 bits per heavy atom. The lowest BCUT2D eigenvalue weighted by Gasteiger charge is -2.05. The number of H-pyrrole nitrogens is 1. The molecule has 0 fully saturated rings. The fourth-order valence-electron chi connectivity index (χ4n) is 1.59. The zero-order valence-corrected chi connectivity index (χ0v) is 11.3. The van der Waals surface area contributed by atoms with Crippen molar-refractivity contribution in [2.75, 3.05) is 0 Å². The van der Waals surface area contributed by atoms with Crippen molar-refractivity contribution in [1.29, 1.82) is 0 Å². The minimum atomic E-state index is -0.278. The largest absolute Gasteiger partial charge is 0.345 e. The standard InChI is InChI=1S/C13H17N5O/c1-8(2)11-16-12(18-17-11)13(19)15-7-10-4-5-14-6-9(10)3/h4-6,8H,7H2,1-3H3,(H,15,19)(H,16,17,18). The fraction of sp³-hybridized carbons (Fsp3) is 0.385. The van der Waals surface area contributed by atoms with Crippen LogP contribution >= 0.6 is 0 Å². The number of carbonyl (C=O) groups is 1. The number of pyridine rings is 1. The molecule has 0 saturated heterocycles. The number of nitrogens with zero attached hydrogens (tertiary/aromatic N) is 3. The van der Waals surface area contributed by atoms with Gasteiger partial charge in [-0.3, -0.25) is 14.9 Å². The van der Waals surface area contributed by atoms with Crippen molar-refractivity contribution in [2.24, 2.45) is 0 Å². The first-order valence-electron chi connectivity index (χ1n) is 6.18. The van der Waals surface area contributed by atoms with Gasteiger partial charge in [-0.15, -0.1) is 5.10 Å². The number of amides is 1. The number of carbonyl (C=O) groups excluding carboxylic acids is 1. The Bertz CT molecular complexity index is 576. The first kappa shape index (κ1) is 13.2. The van der Waals surface area contributed by atoms with Gasteiger partial charge in [0.2, 0.25) is 5.82 Å². The van der Waals surface area contributed by atoms with Gasteiger partial charge in [0.25, 0.3) is 5.91 Å². The van der Waals surface area contributed by atoms with Crippen molar-refractivity contribution < 1.29 is 4.79 Å². The van der Waals surface area contributed by atoms with Crippen LogP contribution in [0, 0.1) is 6.92 Å². The van der Waals surface area contributed by atoms with Gasteiger partial charge in [-0.2, -0.15) is 0 Å². The van der Waals surface area contributed by atoms with Crippen LogP contribution < -0.4 is 5.32 Å². The van der Waals surface area contributed by atoms with Crippen LogP contribution in [0.4, 0.5) is 0 Å². The van der Waals surface area contributed by atoms with Crippen molar-refractivity contribution in [3.63, 3.8) is 0 Å². The SMILES string of the molecule is Cc1cnccc1CNC(=O)c1n[nH]c(C(C)C)n1. The fourth-order valence-corrected chi connectivity index (χ4v) is 1.59. The highest BCUT2D eigenvalue weighted by atomic mass is 16.2. The molecule has 2 rings (SSSR count). The average Bonchev–Trinajstić information content (AvgIpc) is 2.87. The molecule has 0 atom stereocenters. The number of nitrogens with one attached hydrogen (secondary N) is 2. The van der Waals surface area contributed by atoms with E-state index in [0.29, 0.717) is 12.4 Å². The maximum Gasteiger partial charge on any atom is 0.291 e. The maximum absolute atomic E-state index is 11.9. The van der Waals surface area contributed by atoms with Crippen LogP contribution in [0.1, 0.15) is 47.3 Å². The molecule has 0 aliphatic rings. The van der Waals surface area contributed by atoms with E-state index in [-0.39, 0.29) is 17.6 Å². The Labute approximate surface area is 111 Å². The normalized spacial score (nSPS) is 10.7. The van der Waals surface area contributed by atoms with E-state index >= 15 is 0 Å². The Kier molecular flexibility index (Phi) is 3.89. The van der Waals surface area contributed by atoms with Crippen molar-refractivity contribution in [3.8, 4) is 0 Å². The van der Waals surface area contributed by atoms with Crippen molar-refractivity contribution >= 4 is 5.91 Å². The topological polar surface area (TPSA) is 83.6 Å². The van der Waals surface area contributed by atoms with Crippen LogP contribution in [-0.2, 0) is 6.54 Å². The molecule has 0 aliphatic carbocycles. The van der Waals surface area contributed by atoms with Crippen LogP contribution in [-0.4, -0.2) is 26.1 Å². The molecule has 2 aromatic rings. The van der Waals surface area contributed by atoms with E-state index in [2.05, 4.69) is 25.5 Å². The molecule has 0 spiro atoms. The summed E-state index contributed by atoms with van der Waals surface area (Å²) in [7, 11) is 0. The minimum Gasteiger partial charge on any atom is -0.345 e. The summed E-state index contributed by atoms with van der Waals surface area (Å²) in [6, 6.07) is 1.88. The van der Waals surface area contributed by atoms with E-state index in [1.165, 1.54) is 0 Å². The summed E-state index contributed by atoms with van der Waals surface area (Å²) in [5, 5.41) is 9.47. The highest BCUT2D eigenvalue weighted by molar-refractivity contribution is 5.90. The predicted molar refractivity (Wildman–Crippen MR) is 70.6 cm³/mol. The number of aryl methyl sites for hydroxylation is 1.